The van der Waals surface area contributed by atoms with Gasteiger partial charge in [-0.25, -0.2) is 0 Å². The molecule has 19 heavy (non-hydrogen) atoms. The topological polar surface area (TPSA) is 39.1 Å². The lowest BCUT2D eigenvalue weighted by atomic mass is 9.88. The molecule has 1 N–H and O–H groups in total. The number of nitrogens with one attached hydrogen (secondary N) is 1. The number of nitriles is 1. The quantitative estimate of drug-likeness (QED) is 0.900. The van der Waals surface area contributed by atoms with Crippen LogP contribution in [-0.2, 0) is 0 Å². The molecule has 2 rings (SSSR count). The molecule has 1 saturated heterocycles. The highest BCUT2D eigenvalue weighted by Crippen LogP contribution is 2.26. The van der Waals surface area contributed by atoms with Crippen LogP contribution in [0.3, 0.4) is 0 Å². The van der Waals surface area contributed by atoms with Gasteiger partial charge in [-0.3, -0.25) is 0 Å². The third-order valence-electron chi connectivity index (χ3n) is 3.70. The van der Waals surface area contributed by atoms with Crippen LogP contribution in [-0.4, -0.2) is 30.1 Å². The van der Waals surface area contributed by atoms with Gasteiger partial charge in [0.05, 0.1) is 6.07 Å². The number of likely N-dealkylation sites (tertiary alicyclic amines) is 1. The van der Waals surface area contributed by atoms with Crippen molar-refractivity contribution >= 4 is 5.69 Å². The summed E-state index contributed by atoms with van der Waals surface area (Å²) in [4.78, 5) is 2.47. The summed E-state index contributed by atoms with van der Waals surface area (Å²) in [6.45, 7) is 7.63. The summed E-state index contributed by atoms with van der Waals surface area (Å²) in [5, 5.41) is 13.0. The summed E-state index contributed by atoms with van der Waals surface area (Å²) in [5.74, 6) is 0.691. The SMILES string of the molecule is CC(C)CN1CCC(C#N)(Nc2ccccc2)CC1. The molecule has 3 heteroatoms. The number of nitrogens with zero attached hydrogens (tertiary/aromatic N) is 2. The monoisotopic (exact) mass is 257 g/mol. The zero-order valence-electron chi connectivity index (χ0n) is 11.9. The van der Waals surface area contributed by atoms with E-state index in [9.17, 15) is 5.26 Å². The maximum absolute atomic E-state index is 9.54. The molecular weight excluding hydrogens is 234 g/mol. The third-order valence-corrected chi connectivity index (χ3v) is 3.70. The van der Waals surface area contributed by atoms with E-state index >= 15 is 0 Å². The van der Waals surface area contributed by atoms with E-state index in [1.807, 2.05) is 30.3 Å². The van der Waals surface area contributed by atoms with Crippen molar-refractivity contribution in [3.05, 3.63) is 30.3 Å². The number of hydrogen-bond donors (Lipinski definition) is 1. The van der Waals surface area contributed by atoms with Gasteiger partial charge in [0.25, 0.3) is 0 Å². The van der Waals surface area contributed by atoms with Gasteiger partial charge >= 0.3 is 0 Å². The highest BCUT2D eigenvalue weighted by molar-refractivity contribution is 5.47. The van der Waals surface area contributed by atoms with Crippen LogP contribution in [0.5, 0.6) is 0 Å². The molecule has 0 saturated carbocycles. The Bertz CT molecular complexity index is 425. The van der Waals surface area contributed by atoms with Gasteiger partial charge in [0.1, 0.15) is 5.54 Å². The van der Waals surface area contributed by atoms with Gasteiger partial charge in [-0.15, -0.1) is 0 Å². The molecule has 3 nitrogen and oxygen atoms in total. The van der Waals surface area contributed by atoms with Gasteiger partial charge in [-0.1, -0.05) is 32.0 Å². The van der Waals surface area contributed by atoms with E-state index in [0.717, 1.165) is 38.2 Å². The Morgan fingerprint density at radius 3 is 2.42 bits per heavy atom. The Morgan fingerprint density at radius 2 is 1.89 bits per heavy atom. The summed E-state index contributed by atoms with van der Waals surface area (Å²) in [6.07, 6.45) is 1.79. The van der Waals surface area contributed by atoms with E-state index in [1.54, 1.807) is 0 Å². The molecule has 102 valence electrons. The summed E-state index contributed by atoms with van der Waals surface area (Å²) < 4.78 is 0. The average Bonchev–Trinajstić information content (AvgIpc) is 2.42. The van der Waals surface area contributed by atoms with Gasteiger partial charge in [-0.05, 0) is 30.9 Å². The molecule has 0 unspecified atom stereocenters. The highest BCUT2D eigenvalue weighted by Gasteiger charge is 2.34. The molecule has 1 aliphatic rings. The number of para-hydroxylation sites is 1. The van der Waals surface area contributed by atoms with E-state index < -0.39 is 5.54 Å². The van der Waals surface area contributed by atoms with Crippen LogP contribution in [0, 0.1) is 17.2 Å². The first-order chi connectivity index (χ1) is 9.13. The van der Waals surface area contributed by atoms with Crippen LogP contribution in [0.15, 0.2) is 30.3 Å². The fraction of sp³-hybridized carbons (Fsp3) is 0.562. The van der Waals surface area contributed by atoms with Crippen LogP contribution in [0.1, 0.15) is 26.7 Å². The molecule has 0 bridgehead atoms. The Kier molecular flexibility index (Phi) is 4.44. The maximum atomic E-state index is 9.54. The van der Waals surface area contributed by atoms with Crippen molar-refractivity contribution in [3.8, 4) is 6.07 Å². The van der Waals surface area contributed by atoms with E-state index in [-0.39, 0.29) is 0 Å². The second kappa shape index (κ2) is 6.08. The second-order valence-corrected chi connectivity index (χ2v) is 5.88. The Morgan fingerprint density at radius 1 is 1.26 bits per heavy atom. The van der Waals surface area contributed by atoms with E-state index in [0.29, 0.717) is 5.92 Å². The maximum Gasteiger partial charge on any atom is 0.127 e. The summed E-state index contributed by atoms with van der Waals surface area (Å²) in [7, 11) is 0. The van der Waals surface area contributed by atoms with Gasteiger partial charge in [0, 0.05) is 25.3 Å². The lowest BCUT2D eigenvalue weighted by molar-refractivity contribution is 0.179. The Balaban J connectivity index is 1.97. The van der Waals surface area contributed by atoms with Crippen molar-refractivity contribution < 1.29 is 0 Å². The van der Waals surface area contributed by atoms with Crippen LogP contribution < -0.4 is 5.32 Å². The molecule has 1 aromatic carbocycles. The van der Waals surface area contributed by atoms with Crippen molar-refractivity contribution in [1.29, 1.82) is 5.26 Å². The molecule has 1 fully saturated rings. The molecule has 1 aromatic rings. The molecule has 0 amide bonds. The Labute approximate surface area is 116 Å². The fourth-order valence-corrected chi connectivity index (χ4v) is 2.70. The predicted molar refractivity (Wildman–Crippen MR) is 78.9 cm³/mol. The average molecular weight is 257 g/mol. The minimum absolute atomic E-state index is 0.394. The van der Waals surface area contributed by atoms with Gasteiger partial charge in [0.15, 0.2) is 0 Å². The van der Waals surface area contributed by atoms with Gasteiger partial charge in [0.2, 0.25) is 0 Å². The van der Waals surface area contributed by atoms with Gasteiger partial charge in [-0.2, -0.15) is 5.26 Å². The lowest BCUT2D eigenvalue weighted by Gasteiger charge is -2.39. The van der Waals surface area contributed by atoms with E-state index in [2.05, 4.69) is 30.1 Å². The predicted octanol–water partition coefficient (Wildman–Crippen LogP) is 3.11. The highest BCUT2D eigenvalue weighted by atomic mass is 15.2. The molecular formula is C16H23N3. The van der Waals surface area contributed by atoms with Gasteiger partial charge < -0.3 is 10.2 Å². The summed E-state index contributed by atoms with van der Waals surface area (Å²) in [6, 6.07) is 12.6. The molecule has 0 aliphatic carbocycles. The van der Waals surface area contributed by atoms with Crippen LogP contribution in [0.25, 0.3) is 0 Å². The summed E-state index contributed by atoms with van der Waals surface area (Å²) >= 11 is 0. The summed E-state index contributed by atoms with van der Waals surface area (Å²) in [5.41, 5.74) is 0.649. The van der Waals surface area contributed by atoms with Crippen molar-refractivity contribution in [2.45, 2.75) is 32.2 Å². The molecule has 0 atom stereocenters. The minimum atomic E-state index is -0.394. The van der Waals surface area contributed by atoms with E-state index in [4.69, 9.17) is 0 Å². The molecule has 0 spiro atoms. The van der Waals surface area contributed by atoms with E-state index in [1.165, 1.54) is 0 Å². The zero-order valence-corrected chi connectivity index (χ0v) is 11.9. The normalized spacial score (nSPS) is 19.1. The van der Waals surface area contributed by atoms with Crippen LogP contribution in [0.4, 0.5) is 5.69 Å². The van der Waals surface area contributed by atoms with Crippen molar-refractivity contribution in [3.63, 3.8) is 0 Å². The minimum Gasteiger partial charge on any atom is -0.367 e. The second-order valence-electron chi connectivity index (χ2n) is 5.88. The molecule has 1 aliphatic heterocycles. The van der Waals surface area contributed by atoms with Crippen molar-refractivity contribution in [2.75, 3.05) is 25.0 Å². The fourth-order valence-electron chi connectivity index (χ4n) is 2.70. The number of anilines is 1. The third kappa shape index (κ3) is 3.71. The Hall–Kier alpha value is -1.53. The van der Waals surface area contributed by atoms with Crippen LogP contribution >= 0.6 is 0 Å². The first-order valence-electron chi connectivity index (χ1n) is 7.10. The van der Waals surface area contributed by atoms with Crippen molar-refractivity contribution in [1.82, 2.24) is 4.90 Å². The lowest BCUT2D eigenvalue weighted by Crippen LogP contribution is -2.49. The standard InChI is InChI=1S/C16H23N3/c1-14(2)12-19-10-8-16(13-17,9-11-19)18-15-6-4-3-5-7-15/h3-7,14,18H,8-12H2,1-2H3. The van der Waals surface area contributed by atoms with Crippen LogP contribution in [0.2, 0.25) is 0 Å². The zero-order chi connectivity index (χ0) is 13.7. The molecule has 1 heterocycles. The number of benzene rings is 1. The first-order valence-corrected chi connectivity index (χ1v) is 7.10. The first kappa shape index (κ1) is 13.9. The smallest absolute Gasteiger partial charge is 0.127 e. The number of piperidine rings is 1. The number of hydrogen-bond acceptors (Lipinski definition) is 3. The molecule has 0 radical (unpaired) electrons. The largest absolute Gasteiger partial charge is 0.367 e. The van der Waals surface area contributed by atoms with Crippen molar-refractivity contribution in [2.24, 2.45) is 5.92 Å². The molecule has 0 aromatic heterocycles. The number of rotatable bonds is 4.